The molecule has 0 bridgehead atoms. The number of nitrogens with one attached hydrogen (secondary N) is 1. The first-order valence-corrected chi connectivity index (χ1v) is 16.1. The number of nitrogens with zero attached hydrogens (tertiary/aromatic N) is 5. The maximum Gasteiger partial charge on any atom is 0.573 e. The van der Waals surface area contributed by atoms with Gasteiger partial charge in [0.1, 0.15) is 12.1 Å². The van der Waals surface area contributed by atoms with Gasteiger partial charge in [-0.1, -0.05) is 75.0 Å². The summed E-state index contributed by atoms with van der Waals surface area (Å²) in [6.45, 7) is 8.97. The second-order valence-corrected chi connectivity index (χ2v) is 13.0. The Labute approximate surface area is 271 Å². The maximum atomic E-state index is 13.0. The Morgan fingerprint density at radius 3 is 2.48 bits per heavy atom. The lowest BCUT2D eigenvalue weighted by Crippen LogP contribution is -2.43. The Balaban J connectivity index is 1.19. The van der Waals surface area contributed by atoms with Gasteiger partial charge in [-0.15, -0.1) is 18.3 Å². The highest BCUT2D eigenvalue weighted by molar-refractivity contribution is 8.14. The van der Waals surface area contributed by atoms with Crippen LogP contribution in [0.15, 0.2) is 84.1 Å². The summed E-state index contributed by atoms with van der Waals surface area (Å²) in [5.74, 6) is 1.10. The molecule has 242 valence electrons. The van der Waals surface area contributed by atoms with Crippen molar-refractivity contribution >= 4 is 28.6 Å². The minimum atomic E-state index is -4.75. The summed E-state index contributed by atoms with van der Waals surface area (Å²) in [4.78, 5) is 24.1. The Kier molecular flexibility index (Phi) is 10.0. The van der Waals surface area contributed by atoms with Crippen LogP contribution in [-0.2, 0) is 12.8 Å². The summed E-state index contributed by atoms with van der Waals surface area (Å²) in [6, 6.07) is 21.5. The number of aliphatic imine (C=N–C) groups is 1. The lowest BCUT2D eigenvalue weighted by molar-refractivity contribution is -0.274. The van der Waals surface area contributed by atoms with E-state index in [1.165, 1.54) is 40.8 Å². The van der Waals surface area contributed by atoms with Gasteiger partial charge in [0, 0.05) is 29.6 Å². The van der Waals surface area contributed by atoms with Crippen molar-refractivity contribution in [2.75, 3.05) is 17.2 Å². The van der Waals surface area contributed by atoms with E-state index in [4.69, 9.17) is 0 Å². The summed E-state index contributed by atoms with van der Waals surface area (Å²) in [5.41, 5.74) is 4.54. The molecule has 1 atom stereocenters. The normalized spacial score (nSPS) is 16.5. The van der Waals surface area contributed by atoms with Gasteiger partial charge >= 0.3 is 12.4 Å². The number of carbonyl (C=O) groups excluding carboxylic acids is 1. The molecule has 0 aliphatic carbocycles. The Hall–Kier alpha value is -4.32. The fourth-order valence-electron chi connectivity index (χ4n) is 5.33. The van der Waals surface area contributed by atoms with Gasteiger partial charge in [0.2, 0.25) is 0 Å². The number of ether oxygens (including phenoxy) is 1. The minimum Gasteiger partial charge on any atom is -0.406 e. The van der Waals surface area contributed by atoms with Gasteiger partial charge in [-0.3, -0.25) is 0 Å². The number of rotatable bonds is 9. The number of anilines is 1. The number of halogens is 3. The summed E-state index contributed by atoms with van der Waals surface area (Å²) < 4.78 is 42.7. The molecule has 0 radical (unpaired) electrons. The molecule has 2 heterocycles. The number of thioether (sulfide) groups is 1. The van der Waals surface area contributed by atoms with Crippen molar-refractivity contribution in [3.05, 3.63) is 90.3 Å². The molecular weight excluding hydrogens is 613 g/mol. The number of para-hydroxylation sites is 1. The monoisotopic (exact) mass is 650 g/mol. The van der Waals surface area contributed by atoms with Gasteiger partial charge in [-0.05, 0) is 73.1 Å². The molecule has 3 aromatic carbocycles. The van der Waals surface area contributed by atoms with Crippen molar-refractivity contribution in [3.63, 3.8) is 0 Å². The van der Waals surface area contributed by atoms with Gasteiger partial charge in [-0.25, -0.2) is 14.5 Å². The summed E-state index contributed by atoms with van der Waals surface area (Å²) >= 11 is 1.62. The molecular formula is C34H37F3N6O2S. The number of aromatic nitrogens is 3. The number of amidine groups is 1. The molecule has 1 aromatic heterocycles. The third kappa shape index (κ3) is 8.48. The molecule has 4 aromatic rings. The molecule has 1 fully saturated rings. The predicted octanol–water partition coefficient (Wildman–Crippen LogP) is 8.06. The molecule has 1 N–H and O–H groups in total. The number of aryl methyl sites for hydroxylation is 1. The first-order chi connectivity index (χ1) is 21.9. The fourth-order valence-corrected chi connectivity index (χ4v) is 6.53. The lowest BCUT2D eigenvalue weighted by atomic mass is 9.85. The van der Waals surface area contributed by atoms with Crippen LogP contribution >= 0.6 is 11.8 Å². The molecule has 0 saturated carbocycles. The van der Waals surface area contributed by atoms with E-state index in [0.29, 0.717) is 18.1 Å². The predicted molar refractivity (Wildman–Crippen MR) is 177 cm³/mol. The van der Waals surface area contributed by atoms with Gasteiger partial charge in [0.25, 0.3) is 0 Å². The third-order valence-electron chi connectivity index (χ3n) is 7.68. The van der Waals surface area contributed by atoms with E-state index >= 15 is 0 Å². The molecule has 1 saturated heterocycles. The van der Waals surface area contributed by atoms with Crippen LogP contribution in [0.25, 0.3) is 17.1 Å². The van der Waals surface area contributed by atoms with E-state index in [-0.39, 0.29) is 23.2 Å². The SMILES string of the molecule is CCc1ccccc1N1/C(=N/C(=O)NCC(C)(C)Cc2ccc(-c3ncn(-c4ccc(OC(F)(F)F)cc4)n3)cc2)SCCC1C. The van der Waals surface area contributed by atoms with E-state index < -0.39 is 6.36 Å². The average Bonchev–Trinajstić information content (AvgIpc) is 3.51. The minimum absolute atomic E-state index is 0.235. The molecule has 46 heavy (non-hydrogen) atoms. The van der Waals surface area contributed by atoms with Crippen LogP contribution in [0.1, 0.15) is 45.2 Å². The summed E-state index contributed by atoms with van der Waals surface area (Å²) in [7, 11) is 0. The average molecular weight is 651 g/mol. The first-order valence-electron chi connectivity index (χ1n) is 15.1. The van der Waals surface area contributed by atoms with Gasteiger partial charge in [0.15, 0.2) is 11.0 Å². The van der Waals surface area contributed by atoms with Gasteiger partial charge < -0.3 is 15.0 Å². The zero-order valence-corrected chi connectivity index (χ0v) is 27.0. The largest absolute Gasteiger partial charge is 0.573 e. The van der Waals surface area contributed by atoms with E-state index in [2.05, 4.69) is 69.9 Å². The Bertz CT molecular complexity index is 1670. The van der Waals surface area contributed by atoms with Crippen LogP contribution < -0.4 is 15.0 Å². The van der Waals surface area contributed by atoms with Gasteiger partial charge in [-0.2, -0.15) is 4.99 Å². The quantitative estimate of drug-likeness (QED) is 0.197. The topological polar surface area (TPSA) is 84.6 Å². The zero-order valence-electron chi connectivity index (χ0n) is 26.2. The van der Waals surface area contributed by atoms with E-state index in [0.717, 1.165) is 47.0 Å². The number of hydrogen-bond donors (Lipinski definition) is 1. The molecule has 1 aliphatic heterocycles. The number of urea groups is 1. The van der Waals surface area contributed by atoms with E-state index in [9.17, 15) is 18.0 Å². The van der Waals surface area contributed by atoms with Crippen LogP contribution in [0, 0.1) is 5.41 Å². The Morgan fingerprint density at radius 2 is 1.78 bits per heavy atom. The van der Waals surface area contributed by atoms with Crippen LogP contribution in [-0.4, -0.2) is 50.7 Å². The van der Waals surface area contributed by atoms with Crippen molar-refractivity contribution in [1.82, 2.24) is 20.1 Å². The van der Waals surface area contributed by atoms with E-state index in [1.807, 2.05) is 36.4 Å². The molecule has 0 spiro atoms. The number of alkyl halides is 3. The highest BCUT2D eigenvalue weighted by atomic mass is 32.2. The third-order valence-corrected chi connectivity index (χ3v) is 8.67. The van der Waals surface area contributed by atoms with Crippen LogP contribution in [0.2, 0.25) is 0 Å². The van der Waals surface area contributed by atoms with Crippen LogP contribution in [0.5, 0.6) is 5.75 Å². The van der Waals surface area contributed by atoms with Crippen molar-refractivity contribution in [1.29, 1.82) is 0 Å². The standard InChI is InChI=1S/C34H37F3N6O2S/c1-5-25-8-6-7-9-29(25)43-23(2)18-19-46-32(43)40-31(44)38-21-33(3,4)20-24-10-12-26(13-11-24)30-39-22-42(41-30)27-14-16-28(17-15-27)45-34(35,36)37/h6-17,22-23H,5,18-21H2,1-4H3,(H,38,44)/b40-32-. The summed E-state index contributed by atoms with van der Waals surface area (Å²) in [5, 5.41) is 8.23. The molecule has 5 rings (SSSR count). The molecule has 8 nitrogen and oxygen atoms in total. The second-order valence-electron chi connectivity index (χ2n) is 12.0. The van der Waals surface area contributed by atoms with Crippen molar-refractivity contribution in [2.45, 2.75) is 59.4 Å². The van der Waals surface area contributed by atoms with Crippen molar-refractivity contribution < 1.29 is 22.7 Å². The molecule has 1 aliphatic rings. The van der Waals surface area contributed by atoms with Gasteiger partial charge in [0.05, 0.1) is 5.69 Å². The smallest absolute Gasteiger partial charge is 0.406 e. The molecule has 12 heteroatoms. The second kappa shape index (κ2) is 14.0. The van der Waals surface area contributed by atoms with Crippen LogP contribution in [0.4, 0.5) is 23.7 Å². The molecule has 2 amide bonds. The maximum absolute atomic E-state index is 13.0. The lowest BCUT2D eigenvalue weighted by Gasteiger charge is -2.36. The zero-order chi connectivity index (χ0) is 32.9. The van der Waals surface area contributed by atoms with Crippen LogP contribution in [0.3, 0.4) is 0 Å². The Morgan fingerprint density at radius 1 is 1.07 bits per heavy atom. The number of amides is 2. The molecule has 1 unspecified atom stereocenters. The first kappa shape index (κ1) is 33.1. The summed E-state index contributed by atoms with van der Waals surface area (Å²) in [6.07, 6.45) is -0.596. The highest BCUT2D eigenvalue weighted by Gasteiger charge is 2.31. The fraction of sp³-hybridized carbons (Fsp3) is 0.353. The number of carbonyl (C=O) groups is 1. The highest BCUT2D eigenvalue weighted by Crippen LogP contribution is 2.32. The van der Waals surface area contributed by atoms with E-state index in [1.54, 1.807) is 11.8 Å². The van der Waals surface area contributed by atoms with Crippen molar-refractivity contribution in [3.8, 4) is 22.8 Å². The van der Waals surface area contributed by atoms with Crippen molar-refractivity contribution in [2.24, 2.45) is 10.4 Å². The number of hydrogen-bond acceptors (Lipinski definition) is 5. The number of benzene rings is 3.